The quantitative estimate of drug-likeness (QED) is 0.498. The molecule has 1 aliphatic rings. The van der Waals surface area contributed by atoms with Crippen molar-refractivity contribution in [2.45, 2.75) is 55.5 Å². The number of hydrogen-bond donors (Lipinski definition) is 4. The van der Waals surface area contributed by atoms with Crippen LogP contribution in [-0.4, -0.2) is 26.5 Å². The number of primary amides is 1. The lowest BCUT2D eigenvalue weighted by molar-refractivity contribution is -0.127. The number of hydrogen-bond acceptors (Lipinski definition) is 5. The monoisotopic (exact) mass is 482 g/mol. The van der Waals surface area contributed by atoms with Crippen molar-refractivity contribution in [3.8, 4) is 0 Å². The molecule has 1 atom stereocenters. The Hall–Kier alpha value is -2.09. The van der Waals surface area contributed by atoms with E-state index in [9.17, 15) is 31.7 Å². The van der Waals surface area contributed by atoms with Gasteiger partial charge < -0.3 is 16.2 Å². The molecule has 0 aliphatic heterocycles. The Bertz CT molecular complexity index is 987. The lowest BCUT2D eigenvalue weighted by atomic mass is 10.1. The summed E-state index contributed by atoms with van der Waals surface area (Å²) in [5.74, 6) is -0.622. The lowest BCUT2D eigenvalue weighted by Gasteiger charge is -2.13. The van der Waals surface area contributed by atoms with Gasteiger partial charge in [0.1, 0.15) is 15.2 Å². The van der Waals surface area contributed by atoms with Crippen LogP contribution < -0.4 is 16.2 Å². The molecule has 2 amide bonds. The maximum Gasteiger partial charge on any atom is 0.394 e. The Kier molecular flexibility index (Phi) is 7.79. The molecule has 0 bridgehead atoms. The third kappa shape index (κ3) is 7.23. The summed E-state index contributed by atoms with van der Waals surface area (Å²) >= 11 is 0.924. The first-order valence-electron chi connectivity index (χ1n) is 9.00. The number of fused-ring (bicyclic) bond motifs is 1. The number of nitrogens with zero attached hydrogens (tertiary/aromatic N) is 1. The number of rotatable bonds is 4. The molecule has 2 heterocycles. The van der Waals surface area contributed by atoms with E-state index in [0.717, 1.165) is 29.4 Å². The van der Waals surface area contributed by atoms with E-state index in [2.05, 4.69) is 10.3 Å². The summed E-state index contributed by atoms with van der Waals surface area (Å²) < 4.78 is 60.8. The number of carbonyl (C=O) groups excluding carboxylic acids is 1. The van der Waals surface area contributed by atoms with Gasteiger partial charge in [-0.2, -0.15) is 13.2 Å². The average Bonchev–Trinajstić information content (AvgIpc) is 3.19. The molecule has 1 aliphatic carbocycles. The van der Waals surface area contributed by atoms with Crippen LogP contribution in [0.25, 0.3) is 0 Å². The molecule has 31 heavy (non-hydrogen) atoms. The van der Waals surface area contributed by atoms with E-state index in [1.165, 1.54) is 19.9 Å². The van der Waals surface area contributed by atoms with E-state index in [1.54, 1.807) is 0 Å². The van der Waals surface area contributed by atoms with Crippen molar-refractivity contribution >= 4 is 34.0 Å². The van der Waals surface area contributed by atoms with Gasteiger partial charge in [0, 0.05) is 16.3 Å². The van der Waals surface area contributed by atoms with Crippen molar-refractivity contribution in [1.82, 2.24) is 4.98 Å². The molecule has 13 heteroatoms. The molecule has 0 spiro atoms. The van der Waals surface area contributed by atoms with Crippen molar-refractivity contribution in [3.63, 3.8) is 0 Å². The zero-order valence-corrected chi connectivity index (χ0v) is 18.3. The number of thiophene rings is 1. The maximum atomic E-state index is 13.0. The van der Waals surface area contributed by atoms with Crippen LogP contribution in [0.5, 0.6) is 0 Å². The number of alkyl halides is 3. The summed E-state index contributed by atoms with van der Waals surface area (Å²) in [7, 11) is -1.82. The molecule has 6 N–H and O–H groups in total. The second-order valence-corrected chi connectivity index (χ2v) is 9.64. The van der Waals surface area contributed by atoms with E-state index >= 15 is 0 Å². The smallest absolute Gasteiger partial charge is 0.385 e. The van der Waals surface area contributed by atoms with Gasteiger partial charge in [0.25, 0.3) is 0 Å². The standard InChI is InChI=1S/C11H12F3N3O.C7H10FNO2S2/c12-11(13,14)5-6-4-9(17-10(15)18)7-2-1-3-8(7)16-6;1-7(2,10)5-3-4(8)6(12-5)13(9)11/h4H,1-3,5H2,(H3,15,16,17,18);3,10H,9H2,1-2H3. The second kappa shape index (κ2) is 9.59. The van der Waals surface area contributed by atoms with Gasteiger partial charge in [-0.1, -0.05) is 0 Å². The van der Waals surface area contributed by atoms with Gasteiger partial charge in [-0.3, -0.25) is 4.98 Å². The molecular weight excluding hydrogens is 460 g/mol. The van der Waals surface area contributed by atoms with Crippen molar-refractivity contribution in [2.24, 2.45) is 10.9 Å². The molecule has 0 aromatic carbocycles. The zero-order valence-electron chi connectivity index (χ0n) is 16.7. The molecule has 0 saturated heterocycles. The number of nitrogens with one attached hydrogen (secondary N) is 1. The molecule has 172 valence electrons. The van der Waals surface area contributed by atoms with Crippen molar-refractivity contribution in [1.29, 1.82) is 0 Å². The fourth-order valence-corrected chi connectivity index (χ4v) is 4.55. The van der Waals surface area contributed by atoms with Crippen LogP contribution in [0.15, 0.2) is 16.3 Å². The highest BCUT2D eigenvalue weighted by Gasteiger charge is 2.30. The second-order valence-electron chi connectivity index (χ2n) is 7.32. The number of aliphatic hydroxyl groups is 1. The third-order valence-corrected chi connectivity index (χ3v) is 6.70. The number of aryl methyl sites for hydroxylation is 1. The Morgan fingerprint density at radius 1 is 1.32 bits per heavy atom. The highest BCUT2D eigenvalue weighted by molar-refractivity contribution is 7.85. The van der Waals surface area contributed by atoms with Crippen LogP contribution in [0.3, 0.4) is 0 Å². The molecule has 1 unspecified atom stereocenters. The van der Waals surface area contributed by atoms with E-state index in [0.29, 0.717) is 29.1 Å². The first-order valence-corrected chi connectivity index (χ1v) is 11.0. The largest absolute Gasteiger partial charge is 0.394 e. The number of nitrogens with two attached hydrogens (primary N) is 2. The third-order valence-electron chi connectivity index (χ3n) is 4.18. The number of carbonyl (C=O) groups is 1. The number of urea groups is 1. The Morgan fingerprint density at radius 2 is 1.97 bits per heavy atom. The predicted molar refractivity (Wildman–Crippen MR) is 109 cm³/mol. The fraction of sp³-hybridized carbons (Fsp3) is 0.444. The van der Waals surface area contributed by atoms with Gasteiger partial charge in [0.15, 0.2) is 5.82 Å². The topological polar surface area (TPSA) is 131 Å². The van der Waals surface area contributed by atoms with E-state index in [1.807, 2.05) is 0 Å². The summed E-state index contributed by atoms with van der Waals surface area (Å²) in [6.07, 6.45) is -3.26. The summed E-state index contributed by atoms with van der Waals surface area (Å²) in [5, 5.41) is 16.9. The van der Waals surface area contributed by atoms with Crippen LogP contribution >= 0.6 is 11.3 Å². The summed E-state index contributed by atoms with van der Waals surface area (Å²) in [6.45, 7) is 3.06. The number of anilines is 1. The fourth-order valence-electron chi connectivity index (χ4n) is 2.93. The van der Waals surface area contributed by atoms with Crippen molar-refractivity contribution in [3.05, 3.63) is 39.8 Å². The van der Waals surface area contributed by atoms with E-state index < -0.39 is 41.0 Å². The normalized spacial score (nSPS) is 14.5. The van der Waals surface area contributed by atoms with Gasteiger partial charge in [0.05, 0.1) is 17.7 Å². The number of pyridine rings is 1. The minimum absolute atomic E-state index is 0.0304. The van der Waals surface area contributed by atoms with Gasteiger partial charge >= 0.3 is 12.2 Å². The van der Waals surface area contributed by atoms with Gasteiger partial charge in [0.2, 0.25) is 0 Å². The van der Waals surface area contributed by atoms with Gasteiger partial charge in [-0.15, -0.1) is 11.3 Å². The molecule has 3 rings (SSSR count). The minimum Gasteiger partial charge on any atom is -0.385 e. The molecule has 0 fully saturated rings. The summed E-state index contributed by atoms with van der Waals surface area (Å²) in [5.41, 5.74) is 5.56. The molecular formula is C18H22F4N4O3S2. The van der Waals surface area contributed by atoms with Crippen LogP contribution in [0.1, 0.15) is 42.1 Å². The lowest BCUT2D eigenvalue weighted by Crippen LogP contribution is -2.21. The minimum atomic E-state index is -4.32. The highest BCUT2D eigenvalue weighted by atomic mass is 32.2. The van der Waals surface area contributed by atoms with Crippen molar-refractivity contribution < 1.29 is 31.7 Å². The van der Waals surface area contributed by atoms with Crippen LogP contribution in [0.4, 0.5) is 28.0 Å². The predicted octanol–water partition coefficient (Wildman–Crippen LogP) is 3.26. The molecule has 2 aromatic rings. The maximum absolute atomic E-state index is 13.0. The molecule has 2 aromatic heterocycles. The molecule has 0 saturated carbocycles. The van der Waals surface area contributed by atoms with Crippen LogP contribution in [0.2, 0.25) is 0 Å². The molecule has 0 radical (unpaired) electrons. The summed E-state index contributed by atoms with van der Waals surface area (Å²) in [6, 6.07) is 1.63. The van der Waals surface area contributed by atoms with Gasteiger partial charge in [-0.25, -0.2) is 18.5 Å². The highest BCUT2D eigenvalue weighted by Crippen LogP contribution is 2.32. The van der Waals surface area contributed by atoms with Gasteiger partial charge in [-0.05, 0) is 50.8 Å². The number of amides is 2. The summed E-state index contributed by atoms with van der Waals surface area (Å²) in [4.78, 5) is 15.2. The Labute approximate surface area is 182 Å². The zero-order chi connectivity index (χ0) is 23.6. The first kappa shape index (κ1) is 25.2. The van der Waals surface area contributed by atoms with Crippen molar-refractivity contribution in [2.75, 3.05) is 5.32 Å². The molecule has 7 nitrogen and oxygen atoms in total. The van der Waals surface area contributed by atoms with E-state index in [-0.39, 0.29) is 9.90 Å². The van der Waals surface area contributed by atoms with E-state index in [4.69, 9.17) is 10.9 Å². The first-order chi connectivity index (χ1) is 14.2. The number of aromatic nitrogens is 1. The SMILES string of the molecule is CC(C)(O)c1cc(F)c(S(N)=O)s1.NC(=O)Nc1cc(CC(F)(F)F)nc2c1CCC2. The van der Waals surface area contributed by atoms with Crippen LogP contribution in [0, 0.1) is 5.82 Å². The Balaban J connectivity index is 0.000000233. The average molecular weight is 483 g/mol. The number of halogens is 4. The van der Waals surface area contributed by atoms with Crippen LogP contribution in [-0.2, 0) is 35.8 Å². The Morgan fingerprint density at radius 3 is 2.42 bits per heavy atom.